The average Bonchev–Trinajstić information content (AvgIpc) is 2.22. The largest absolute Gasteiger partial charge is 0.354 e. The summed E-state index contributed by atoms with van der Waals surface area (Å²) in [7, 11) is 0. The highest BCUT2D eigenvalue weighted by Gasteiger charge is 2.01. The van der Waals surface area contributed by atoms with Crippen LogP contribution in [-0.4, -0.2) is 27.9 Å². The Morgan fingerprint density at radius 1 is 1.23 bits per heavy atom. The highest BCUT2D eigenvalue weighted by Crippen LogP contribution is 2.08. The van der Waals surface area contributed by atoms with Crippen LogP contribution in [0.15, 0.2) is 0 Å². The van der Waals surface area contributed by atoms with E-state index in [1.165, 1.54) is 0 Å². The summed E-state index contributed by atoms with van der Waals surface area (Å²) in [6.45, 7) is -11.9. The van der Waals surface area contributed by atoms with Gasteiger partial charge in [-0.3, -0.25) is 0 Å². The van der Waals surface area contributed by atoms with Crippen LogP contribution in [0.25, 0.3) is 0 Å². The molecule has 6 heteroatoms. The van der Waals surface area contributed by atoms with Gasteiger partial charge in [0, 0.05) is 26.7 Å². The molecule has 0 radical (unpaired) electrons. The Morgan fingerprint density at radius 2 is 1.77 bits per heavy atom. The standard InChI is InChI=1S/C7H12ClN5/c1-3-9-6-11-5(8)12-7(13-6)10-4-2/h3-4H2,1-2H3,(H2,9,10,11,12,13)/i1D3,2D3,3D2,4D2. The van der Waals surface area contributed by atoms with Crippen LogP contribution in [0.5, 0.6) is 0 Å². The van der Waals surface area contributed by atoms with Gasteiger partial charge in [-0.25, -0.2) is 0 Å². The number of aromatic nitrogens is 3. The molecule has 1 heterocycles. The fourth-order valence-corrected chi connectivity index (χ4v) is 0.734. The zero-order valence-electron chi connectivity index (χ0n) is 16.2. The molecule has 0 unspecified atom stereocenters. The summed E-state index contributed by atoms with van der Waals surface area (Å²) in [6.07, 6.45) is 0. The van der Waals surface area contributed by atoms with E-state index >= 15 is 0 Å². The number of rotatable bonds is 4. The second-order valence-corrected chi connectivity index (χ2v) is 2.09. The smallest absolute Gasteiger partial charge is 0.228 e. The van der Waals surface area contributed by atoms with E-state index in [4.69, 9.17) is 25.3 Å². The molecule has 1 aromatic rings. The molecule has 1 rings (SSSR count). The van der Waals surface area contributed by atoms with Crippen LogP contribution < -0.4 is 10.6 Å². The predicted octanol–water partition coefficient (Wildman–Crippen LogP) is 1.39. The van der Waals surface area contributed by atoms with Crippen molar-refractivity contribution >= 4 is 23.5 Å². The van der Waals surface area contributed by atoms with Gasteiger partial charge in [-0.2, -0.15) is 15.0 Å². The first-order chi connectivity index (χ1) is 10.1. The normalized spacial score (nSPS) is 25.3. The van der Waals surface area contributed by atoms with E-state index in [1.807, 2.05) is 10.6 Å². The molecule has 0 spiro atoms. The van der Waals surface area contributed by atoms with Gasteiger partial charge < -0.3 is 10.6 Å². The van der Waals surface area contributed by atoms with Crippen LogP contribution in [0, 0.1) is 0 Å². The first-order valence-corrected chi connectivity index (χ1v) is 3.41. The lowest BCUT2D eigenvalue weighted by Gasteiger charge is -2.04. The molecule has 2 N–H and O–H groups in total. The first-order valence-electron chi connectivity index (χ1n) is 8.03. The molecule has 0 bridgehead atoms. The van der Waals surface area contributed by atoms with Gasteiger partial charge in [0.2, 0.25) is 17.2 Å². The van der Waals surface area contributed by atoms with Gasteiger partial charge in [0.05, 0.1) is 0 Å². The van der Waals surface area contributed by atoms with Gasteiger partial charge >= 0.3 is 0 Å². The maximum atomic E-state index is 7.40. The number of nitrogens with one attached hydrogen (secondary N) is 2. The SMILES string of the molecule is [2H]C([2H])([2H])C([2H])([2H])Nc1nc(Cl)nc(NC([2H])([2H])C([2H])([2H])[2H])n1. The Balaban J connectivity index is 3.10. The number of anilines is 2. The van der Waals surface area contributed by atoms with Gasteiger partial charge in [0.1, 0.15) is 0 Å². The van der Waals surface area contributed by atoms with Crippen LogP contribution in [0.3, 0.4) is 0 Å². The van der Waals surface area contributed by atoms with E-state index in [1.54, 1.807) is 0 Å². The van der Waals surface area contributed by atoms with Crippen molar-refractivity contribution in [2.75, 3.05) is 23.6 Å². The maximum absolute atomic E-state index is 7.40. The summed E-state index contributed by atoms with van der Waals surface area (Å²) >= 11 is 5.57. The molecule has 0 saturated carbocycles. The molecule has 0 amide bonds. The summed E-state index contributed by atoms with van der Waals surface area (Å²) < 4.78 is 72.0. The second kappa shape index (κ2) is 4.81. The Labute approximate surface area is 96.0 Å². The molecule has 72 valence electrons. The third-order valence-electron chi connectivity index (χ3n) is 0.957. The van der Waals surface area contributed by atoms with Crippen LogP contribution in [0.4, 0.5) is 11.9 Å². The number of nitrogens with zero attached hydrogens (tertiary/aromatic N) is 3. The summed E-state index contributed by atoms with van der Waals surface area (Å²) in [5.41, 5.74) is 0. The molecule has 1 aromatic heterocycles. The maximum Gasteiger partial charge on any atom is 0.228 e. The van der Waals surface area contributed by atoms with Crippen LogP contribution in [-0.2, 0) is 0 Å². The molecule has 0 aliphatic heterocycles. The highest BCUT2D eigenvalue weighted by molar-refractivity contribution is 6.28. The van der Waals surface area contributed by atoms with Crippen molar-refractivity contribution < 1.29 is 13.7 Å². The van der Waals surface area contributed by atoms with E-state index in [0.29, 0.717) is 0 Å². The van der Waals surface area contributed by atoms with Crippen molar-refractivity contribution in [1.82, 2.24) is 15.0 Å². The third kappa shape index (κ3) is 3.02. The predicted molar refractivity (Wildman–Crippen MR) is 53.2 cm³/mol. The Kier molecular flexibility index (Phi) is 1.09. The fourth-order valence-electron chi connectivity index (χ4n) is 0.574. The quantitative estimate of drug-likeness (QED) is 0.788. The summed E-state index contributed by atoms with van der Waals surface area (Å²) in [4.78, 5) is 10.4. The van der Waals surface area contributed by atoms with E-state index in [0.717, 1.165) is 0 Å². The molecule has 5 nitrogen and oxygen atoms in total. The van der Waals surface area contributed by atoms with Gasteiger partial charge in [0.25, 0.3) is 0 Å². The van der Waals surface area contributed by atoms with Crippen LogP contribution >= 0.6 is 11.6 Å². The van der Waals surface area contributed by atoms with E-state index in [2.05, 4.69) is 15.0 Å². The van der Waals surface area contributed by atoms with Crippen LogP contribution in [0.2, 0.25) is 5.28 Å². The van der Waals surface area contributed by atoms with Gasteiger partial charge in [0.15, 0.2) is 0 Å². The van der Waals surface area contributed by atoms with Crippen molar-refractivity contribution in [3.8, 4) is 0 Å². The van der Waals surface area contributed by atoms with Gasteiger partial charge in [-0.1, -0.05) is 0 Å². The molecule has 0 aromatic carbocycles. The number of hydrogen-bond donors (Lipinski definition) is 2. The Hall–Kier alpha value is -1.10. The molecule has 0 aliphatic carbocycles. The average molecular weight is 212 g/mol. The molecule has 13 heavy (non-hydrogen) atoms. The first kappa shape index (κ1) is 2.95. The monoisotopic (exact) mass is 211 g/mol. The molecular weight excluding hydrogens is 190 g/mol. The minimum atomic E-state index is -3.05. The van der Waals surface area contributed by atoms with Gasteiger partial charge in [-0.05, 0) is 25.3 Å². The van der Waals surface area contributed by atoms with Crippen LogP contribution in [0.1, 0.15) is 27.4 Å². The Bertz CT molecular complexity index is 523. The zero-order chi connectivity index (χ0) is 18.3. The van der Waals surface area contributed by atoms with Crippen molar-refractivity contribution in [3.63, 3.8) is 0 Å². The van der Waals surface area contributed by atoms with Crippen molar-refractivity contribution in [3.05, 3.63) is 5.28 Å². The lowest BCUT2D eigenvalue weighted by molar-refractivity contribution is 0.999. The summed E-state index contributed by atoms with van der Waals surface area (Å²) in [6, 6.07) is 0. The lowest BCUT2D eigenvalue weighted by Crippen LogP contribution is -2.08. The zero-order valence-corrected chi connectivity index (χ0v) is 6.98. The van der Waals surface area contributed by atoms with Gasteiger partial charge in [-0.15, -0.1) is 0 Å². The van der Waals surface area contributed by atoms with Crippen molar-refractivity contribution in [2.24, 2.45) is 0 Å². The third-order valence-corrected chi connectivity index (χ3v) is 1.13. The van der Waals surface area contributed by atoms with Crippen molar-refractivity contribution in [2.45, 2.75) is 13.7 Å². The summed E-state index contributed by atoms with van der Waals surface area (Å²) in [5, 5.41) is 3.25. The van der Waals surface area contributed by atoms with Crippen molar-refractivity contribution in [1.29, 1.82) is 0 Å². The minimum Gasteiger partial charge on any atom is -0.354 e. The molecular formula is C7H12ClN5. The second-order valence-electron chi connectivity index (χ2n) is 1.75. The number of halogens is 1. The molecule has 0 saturated heterocycles. The lowest BCUT2D eigenvalue weighted by atomic mass is 10.7. The number of hydrogen-bond acceptors (Lipinski definition) is 5. The van der Waals surface area contributed by atoms with E-state index in [9.17, 15) is 0 Å². The molecule has 0 fully saturated rings. The van der Waals surface area contributed by atoms with E-state index < -0.39 is 43.9 Å². The topological polar surface area (TPSA) is 62.7 Å². The fraction of sp³-hybridized carbons (Fsp3) is 0.571. The highest BCUT2D eigenvalue weighted by atomic mass is 35.5. The minimum absolute atomic E-state index is 0.521. The summed E-state index contributed by atoms with van der Waals surface area (Å²) in [5.74, 6) is -1.20. The molecule has 0 atom stereocenters. The Morgan fingerprint density at radius 3 is 2.23 bits per heavy atom. The molecule has 0 aliphatic rings. The van der Waals surface area contributed by atoms with E-state index in [-0.39, 0.29) is 0 Å².